The third-order valence-corrected chi connectivity index (χ3v) is 4.17. The minimum atomic E-state index is -0.331. The molecule has 3 aromatic carbocycles. The minimum Gasteiger partial charge on any atom is -0.374 e. The number of nitrogens with one attached hydrogen (secondary N) is 2. The molecule has 0 saturated heterocycles. The summed E-state index contributed by atoms with van der Waals surface area (Å²) in [6, 6.07) is 25.8. The van der Waals surface area contributed by atoms with Crippen molar-refractivity contribution in [2.75, 3.05) is 10.6 Å². The van der Waals surface area contributed by atoms with Crippen LogP contribution in [-0.2, 0) is 4.79 Å². The molecule has 0 aliphatic rings. The molecular formula is C22H22N2O. The van der Waals surface area contributed by atoms with Gasteiger partial charge in [-0.3, -0.25) is 4.79 Å². The molecule has 3 heteroatoms. The number of aryl methyl sites for hydroxylation is 1. The molecule has 0 aliphatic heterocycles. The van der Waals surface area contributed by atoms with E-state index in [4.69, 9.17) is 0 Å². The Hall–Kier alpha value is -3.07. The Morgan fingerprint density at radius 3 is 2.08 bits per heavy atom. The summed E-state index contributed by atoms with van der Waals surface area (Å²) in [7, 11) is 0. The van der Waals surface area contributed by atoms with Crippen molar-refractivity contribution in [3.8, 4) is 11.1 Å². The smallest absolute Gasteiger partial charge is 0.246 e. The molecule has 1 amide bonds. The Balaban J connectivity index is 1.63. The SMILES string of the molecule is Cc1ccccc1NC(=O)C(C)Nc1ccc(-c2ccccc2)cc1. The Morgan fingerprint density at radius 2 is 1.40 bits per heavy atom. The standard InChI is InChI=1S/C22H22N2O/c1-16-8-6-7-11-21(16)24-22(25)17(2)23-20-14-12-19(13-15-20)18-9-4-3-5-10-18/h3-15,17,23H,1-2H3,(H,24,25). The van der Waals surface area contributed by atoms with E-state index in [1.54, 1.807) is 0 Å². The molecule has 0 fully saturated rings. The molecule has 0 heterocycles. The molecule has 0 radical (unpaired) electrons. The Kier molecular flexibility index (Phi) is 5.14. The molecule has 0 aromatic heterocycles. The van der Waals surface area contributed by atoms with Crippen LogP contribution in [0, 0.1) is 6.92 Å². The topological polar surface area (TPSA) is 41.1 Å². The highest BCUT2D eigenvalue weighted by molar-refractivity contribution is 5.96. The number of carbonyl (C=O) groups is 1. The van der Waals surface area contributed by atoms with E-state index in [-0.39, 0.29) is 11.9 Å². The molecule has 0 saturated carbocycles. The fraction of sp³-hybridized carbons (Fsp3) is 0.136. The number of hydrogen-bond donors (Lipinski definition) is 2. The summed E-state index contributed by atoms with van der Waals surface area (Å²) in [5.41, 5.74) is 5.16. The number of benzene rings is 3. The Morgan fingerprint density at radius 1 is 0.800 bits per heavy atom. The van der Waals surface area contributed by atoms with Crippen molar-refractivity contribution in [2.24, 2.45) is 0 Å². The van der Waals surface area contributed by atoms with Gasteiger partial charge in [0.15, 0.2) is 0 Å². The van der Waals surface area contributed by atoms with Crippen molar-refractivity contribution in [3.63, 3.8) is 0 Å². The zero-order valence-electron chi connectivity index (χ0n) is 14.5. The predicted molar refractivity (Wildman–Crippen MR) is 105 cm³/mol. The normalized spacial score (nSPS) is 11.6. The van der Waals surface area contributed by atoms with E-state index in [1.807, 2.05) is 68.4 Å². The average Bonchev–Trinajstić information content (AvgIpc) is 2.65. The third kappa shape index (κ3) is 4.27. The van der Waals surface area contributed by atoms with Crippen molar-refractivity contribution in [1.82, 2.24) is 0 Å². The van der Waals surface area contributed by atoms with E-state index in [1.165, 1.54) is 5.56 Å². The molecule has 3 rings (SSSR count). The minimum absolute atomic E-state index is 0.0542. The van der Waals surface area contributed by atoms with Gasteiger partial charge >= 0.3 is 0 Å². The van der Waals surface area contributed by atoms with E-state index < -0.39 is 0 Å². The van der Waals surface area contributed by atoms with Gasteiger partial charge in [-0.2, -0.15) is 0 Å². The van der Waals surface area contributed by atoms with Crippen LogP contribution < -0.4 is 10.6 Å². The number of para-hydroxylation sites is 1. The first-order chi connectivity index (χ1) is 12.1. The lowest BCUT2D eigenvalue weighted by atomic mass is 10.1. The summed E-state index contributed by atoms with van der Waals surface area (Å²) < 4.78 is 0. The molecular weight excluding hydrogens is 308 g/mol. The Bertz CT molecular complexity index is 841. The molecule has 0 bridgehead atoms. The van der Waals surface area contributed by atoms with Gasteiger partial charge in [0.25, 0.3) is 0 Å². The fourth-order valence-corrected chi connectivity index (χ4v) is 2.66. The number of carbonyl (C=O) groups excluding carboxylic acids is 1. The van der Waals surface area contributed by atoms with Gasteiger partial charge in [-0.15, -0.1) is 0 Å². The van der Waals surface area contributed by atoms with Gasteiger partial charge < -0.3 is 10.6 Å². The second-order valence-electron chi connectivity index (χ2n) is 6.11. The molecule has 3 nitrogen and oxygen atoms in total. The molecule has 1 atom stereocenters. The zero-order chi connectivity index (χ0) is 17.6. The van der Waals surface area contributed by atoms with E-state index >= 15 is 0 Å². The largest absolute Gasteiger partial charge is 0.374 e. The van der Waals surface area contributed by atoms with Crippen LogP contribution in [0.2, 0.25) is 0 Å². The predicted octanol–water partition coefficient (Wildman–Crippen LogP) is 5.10. The lowest BCUT2D eigenvalue weighted by molar-refractivity contribution is -0.116. The first kappa shape index (κ1) is 16.8. The van der Waals surface area contributed by atoms with Crippen molar-refractivity contribution < 1.29 is 4.79 Å². The van der Waals surface area contributed by atoms with Crippen LogP contribution in [0.25, 0.3) is 11.1 Å². The van der Waals surface area contributed by atoms with E-state index in [0.717, 1.165) is 22.5 Å². The molecule has 126 valence electrons. The van der Waals surface area contributed by atoms with Crippen molar-refractivity contribution in [2.45, 2.75) is 19.9 Å². The number of amides is 1. The molecule has 1 unspecified atom stereocenters. The van der Waals surface area contributed by atoms with E-state index in [0.29, 0.717) is 0 Å². The maximum atomic E-state index is 12.4. The number of rotatable bonds is 5. The van der Waals surface area contributed by atoms with Crippen LogP contribution >= 0.6 is 0 Å². The van der Waals surface area contributed by atoms with Gasteiger partial charge in [-0.1, -0.05) is 60.7 Å². The summed E-state index contributed by atoms with van der Waals surface area (Å²) in [4.78, 5) is 12.4. The summed E-state index contributed by atoms with van der Waals surface area (Å²) in [5.74, 6) is -0.0542. The van der Waals surface area contributed by atoms with Gasteiger partial charge in [0.1, 0.15) is 6.04 Å². The van der Waals surface area contributed by atoms with Crippen molar-refractivity contribution in [1.29, 1.82) is 0 Å². The average molecular weight is 330 g/mol. The van der Waals surface area contributed by atoms with Crippen molar-refractivity contribution in [3.05, 3.63) is 84.4 Å². The van der Waals surface area contributed by atoms with Crippen LogP contribution in [0.4, 0.5) is 11.4 Å². The zero-order valence-corrected chi connectivity index (χ0v) is 14.5. The van der Waals surface area contributed by atoms with Gasteiger partial charge in [0, 0.05) is 11.4 Å². The summed E-state index contributed by atoms with van der Waals surface area (Å²) >= 11 is 0. The van der Waals surface area contributed by atoms with Crippen LogP contribution in [0.5, 0.6) is 0 Å². The van der Waals surface area contributed by atoms with Gasteiger partial charge in [0.2, 0.25) is 5.91 Å². The van der Waals surface area contributed by atoms with Crippen LogP contribution in [0.15, 0.2) is 78.9 Å². The molecule has 3 aromatic rings. The number of hydrogen-bond acceptors (Lipinski definition) is 2. The first-order valence-corrected chi connectivity index (χ1v) is 8.42. The second kappa shape index (κ2) is 7.67. The Labute approximate surface area is 148 Å². The molecule has 0 spiro atoms. The quantitative estimate of drug-likeness (QED) is 0.683. The first-order valence-electron chi connectivity index (χ1n) is 8.42. The molecule has 2 N–H and O–H groups in total. The van der Waals surface area contributed by atoms with E-state index in [9.17, 15) is 4.79 Å². The summed E-state index contributed by atoms with van der Waals surface area (Å²) in [6.07, 6.45) is 0. The van der Waals surface area contributed by atoms with Crippen LogP contribution in [0.1, 0.15) is 12.5 Å². The summed E-state index contributed by atoms with van der Waals surface area (Å²) in [5, 5.41) is 6.21. The van der Waals surface area contributed by atoms with Crippen LogP contribution in [0.3, 0.4) is 0 Å². The van der Waals surface area contributed by atoms with E-state index in [2.05, 4.69) is 34.9 Å². The molecule has 25 heavy (non-hydrogen) atoms. The highest BCUT2D eigenvalue weighted by atomic mass is 16.2. The highest BCUT2D eigenvalue weighted by Gasteiger charge is 2.13. The van der Waals surface area contributed by atoms with Crippen LogP contribution in [-0.4, -0.2) is 11.9 Å². The fourth-order valence-electron chi connectivity index (χ4n) is 2.66. The molecule has 0 aliphatic carbocycles. The van der Waals surface area contributed by atoms with Crippen molar-refractivity contribution >= 4 is 17.3 Å². The second-order valence-corrected chi connectivity index (χ2v) is 6.11. The monoisotopic (exact) mass is 330 g/mol. The third-order valence-electron chi connectivity index (χ3n) is 4.17. The van der Waals surface area contributed by atoms with Gasteiger partial charge in [-0.25, -0.2) is 0 Å². The van der Waals surface area contributed by atoms with Gasteiger partial charge in [0.05, 0.1) is 0 Å². The number of anilines is 2. The maximum Gasteiger partial charge on any atom is 0.246 e. The maximum absolute atomic E-state index is 12.4. The van der Waals surface area contributed by atoms with Gasteiger partial charge in [-0.05, 0) is 48.7 Å². The summed E-state index contributed by atoms with van der Waals surface area (Å²) in [6.45, 7) is 3.84. The lowest BCUT2D eigenvalue weighted by Gasteiger charge is -2.16. The highest BCUT2D eigenvalue weighted by Crippen LogP contribution is 2.21. The lowest BCUT2D eigenvalue weighted by Crippen LogP contribution is -2.32.